The lowest BCUT2D eigenvalue weighted by atomic mass is 10.1. The Morgan fingerprint density at radius 2 is 2.00 bits per heavy atom. The highest BCUT2D eigenvalue weighted by Crippen LogP contribution is 2.19. The number of hydrogen-bond acceptors (Lipinski definition) is 4. The summed E-state index contributed by atoms with van der Waals surface area (Å²) in [7, 11) is 3.76. The third kappa shape index (κ3) is 7.14. The van der Waals surface area contributed by atoms with E-state index < -0.39 is 5.60 Å². The average Bonchev–Trinajstić information content (AvgIpc) is 2.34. The molecule has 0 aliphatic rings. The van der Waals surface area contributed by atoms with E-state index >= 15 is 0 Å². The van der Waals surface area contributed by atoms with Gasteiger partial charge < -0.3 is 15.3 Å². The number of hydrogen-bond donors (Lipinski definition) is 2. The van der Waals surface area contributed by atoms with Crippen molar-refractivity contribution in [1.29, 1.82) is 0 Å². The summed E-state index contributed by atoms with van der Waals surface area (Å²) < 4.78 is 0. The number of thioether (sulfide) groups is 1. The number of likely N-dealkylation sites (N-methyl/N-ethyl adjacent to an activating group) is 1. The van der Waals surface area contributed by atoms with E-state index in [0.717, 1.165) is 4.90 Å². The van der Waals surface area contributed by atoms with Gasteiger partial charge in [-0.1, -0.05) is 11.6 Å². The minimum atomic E-state index is -0.926. The number of nitrogens with one attached hydrogen (secondary N) is 1. The van der Waals surface area contributed by atoms with Gasteiger partial charge in [-0.2, -0.15) is 0 Å². The largest absolute Gasteiger partial charge is 0.387 e. The number of amides is 1. The Morgan fingerprint density at radius 3 is 2.55 bits per heavy atom. The standard InChI is InChI=1S/C14H21ClN2O2S/c1-14(19,10-17(2)3)9-16-13(18)8-20-12-6-4-11(15)5-7-12/h4-7,19H,8-10H2,1-3H3,(H,16,18). The van der Waals surface area contributed by atoms with Crippen LogP contribution in [0, 0.1) is 0 Å². The van der Waals surface area contributed by atoms with E-state index in [4.69, 9.17) is 11.6 Å². The number of aliphatic hydroxyl groups is 1. The highest BCUT2D eigenvalue weighted by atomic mass is 35.5. The van der Waals surface area contributed by atoms with Crippen molar-refractivity contribution in [1.82, 2.24) is 10.2 Å². The van der Waals surface area contributed by atoms with Crippen molar-refractivity contribution >= 4 is 29.3 Å². The maximum Gasteiger partial charge on any atom is 0.230 e. The number of carbonyl (C=O) groups excluding carboxylic acids is 1. The lowest BCUT2D eigenvalue weighted by molar-refractivity contribution is -0.119. The molecule has 0 bridgehead atoms. The van der Waals surface area contributed by atoms with Gasteiger partial charge in [0.05, 0.1) is 11.4 Å². The molecule has 112 valence electrons. The lowest BCUT2D eigenvalue weighted by Crippen LogP contribution is -2.47. The van der Waals surface area contributed by atoms with Gasteiger partial charge in [-0.3, -0.25) is 4.79 Å². The number of benzene rings is 1. The fourth-order valence-electron chi connectivity index (χ4n) is 1.76. The summed E-state index contributed by atoms with van der Waals surface area (Å²) >= 11 is 7.23. The lowest BCUT2D eigenvalue weighted by Gasteiger charge is -2.27. The number of nitrogens with zero attached hydrogens (tertiary/aromatic N) is 1. The van der Waals surface area contributed by atoms with Crippen molar-refractivity contribution in [3.63, 3.8) is 0 Å². The van der Waals surface area contributed by atoms with Crippen LogP contribution in [0.5, 0.6) is 0 Å². The maximum absolute atomic E-state index is 11.7. The molecule has 1 atom stereocenters. The van der Waals surface area contributed by atoms with Crippen LogP contribution in [-0.4, -0.2) is 54.5 Å². The van der Waals surface area contributed by atoms with Gasteiger partial charge in [-0.25, -0.2) is 0 Å². The fraction of sp³-hybridized carbons (Fsp3) is 0.500. The highest BCUT2D eigenvalue weighted by molar-refractivity contribution is 8.00. The quantitative estimate of drug-likeness (QED) is 0.754. The molecule has 1 aromatic rings. The molecule has 0 aliphatic heterocycles. The molecule has 1 aromatic carbocycles. The molecule has 4 nitrogen and oxygen atoms in total. The summed E-state index contributed by atoms with van der Waals surface area (Å²) in [4.78, 5) is 14.6. The molecule has 0 aliphatic carbocycles. The molecule has 2 N–H and O–H groups in total. The van der Waals surface area contributed by atoms with Crippen molar-refractivity contribution in [3.8, 4) is 0 Å². The van der Waals surface area contributed by atoms with E-state index in [1.807, 2.05) is 31.1 Å². The molecule has 1 rings (SSSR count). The zero-order valence-corrected chi connectivity index (χ0v) is 13.6. The molecule has 1 amide bonds. The first kappa shape index (κ1) is 17.3. The molecule has 0 saturated carbocycles. The monoisotopic (exact) mass is 316 g/mol. The van der Waals surface area contributed by atoms with Crippen molar-refractivity contribution in [2.24, 2.45) is 0 Å². The number of rotatable bonds is 7. The van der Waals surface area contributed by atoms with Crippen LogP contribution >= 0.6 is 23.4 Å². The average molecular weight is 317 g/mol. The second-order valence-corrected chi connectivity index (χ2v) is 6.74. The van der Waals surface area contributed by atoms with Crippen LogP contribution < -0.4 is 5.32 Å². The minimum Gasteiger partial charge on any atom is -0.387 e. The van der Waals surface area contributed by atoms with E-state index in [0.29, 0.717) is 17.3 Å². The second-order valence-electron chi connectivity index (χ2n) is 5.25. The smallest absolute Gasteiger partial charge is 0.230 e. The van der Waals surface area contributed by atoms with Crippen LogP contribution in [0.2, 0.25) is 5.02 Å². The molecule has 6 heteroatoms. The Balaban J connectivity index is 2.32. The summed E-state index contributed by atoms with van der Waals surface area (Å²) in [6, 6.07) is 7.35. The molecule has 0 radical (unpaired) electrons. The van der Waals surface area contributed by atoms with Crippen molar-refractivity contribution in [3.05, 3.63) is 29.3 Å². The Bertz CT molecular complexity index is 435. The molecule has 0 aromatic heterocycles. The van der Waals surface area contributed by atoms with Gasteiger partial charge in [0.2, 0.25) is 5.91 Å². The third-order valence-corrected chi connectivity index (χ3v) is 3.77. The Labute approximate surface area is 129 Å². The van der Waals surface area contributed by atoms with Crippen LogP contribution in [0.15, 0.2) is 29.2 Å². The highest BCUT2D eigenvalue weighted by Gasteiger charge is 2.21. The first-order valence-corrected chi connectivity index (χ1v) is 7.67. The van der Waals surface area contributed by atoms with E-state index in [2.05, 4.69) is 5.32 Å². The van der Waals surface area contributed by atoms with Crippen LogP contribution in [0.25, 0.3) is 0 Å². The van der Waals surface area contributed by atoms with Crippen molar-refractivity contribution < 1.29 is 9.90 Å². The summed E-state index contributed by atoms with van der Waals surface area (Å²) in [6.07, 6.45) is 0. The van der Waals surface area contributed by atoms with Gasteiger partial charge >= 0.3 is 0 Å². The Morgan fingerprint density at radius 1 is 1.40 bits per heavy atom. The molecular formula is C14H21ClN2O2S. The molecule has 0 spiro atoms. The Hall–Kier alpha value is -0.750. The first-order valence-electron chi connectivity index (χ1n) is 6.31. The molecule has 20 heavy (non-hydrogen) atoms. The number of halogens is 1. The van der Waals surface area contributed by atoms with Gasteiger partial charge in [-0.05, 0) is 45.3 Å². The predicted molar refractivity (Wildman–Crippen MR) is 84.4 cm³/mol. The summed E-state index contributed by atoms with van der Waals surface area (Å²) in [6.45, 7) is 2.45. The zero-order valence-electron chi connectivity index (χ0n) is 12.0. The summed E-state index contributed by atoms with van der Waals surface area (Å²) in [5.74, 6) is 0.226. The molecule has 0 saturated heterocycles. The predicted octanol–water partition coefficient (Wildman–Crippen LogP) is 1.86. The van der Waals surface area contributed by atoms with Crippen LogP contribution in [0.4, 0.5) is 0 Å². The fourth-order valence-corrected chi connectivity index (χ4v) is 2.61. The molecule has 1 unspecified atom stereocenters. The van der Waals surface area contributed by atoms with Crippen molar-refractivity contribution in [2.75, 3.05) is 32.9 Å². The van der Waals surface area contributed by atoms with E-state index in [-0.39, 0.29) is 12.5 Å². The maximum atomic E-state index is 11.7. The second kappa shape index (κ2) is 7.88. The van der Waals surface area contributed by atoms with Crippen LogP contribution in [0.3, 0.4) is 0 Å². The molecule has 0 heterocycles. The SMILES string of the molecule is CN(C)CC(C)(O)CNC(=O)CSc1ccc(Cl)cc1. The summed E-state index contributed by atoms with van der Waals surface area (Å²) in [5.41, 5.74) is -0.926. The van der Waals surface area contributed by atoms with Gasteiger partial charge in [0.25, 0.3) is 0 Å². The van der Waals surface area contributed by atoms with E-state index in [1.165, 1.54) is 11.8 Å². The molecular weight excluding hydrogens is 296 g/mol. The summed E-state index contributed by atoms with van der Waals surface area (Å²) in [5, 5.41) is 13.5. The van der Waals surface area contributed by atoms with E-state index in [1.54, 1.807) is 19.1 Å². The molecule has 0 fully saturated rings. The van der Waals surface area contributed by atoms with Crippen molar-refractivity contribution in [2.45, 2.75) is 17.4 Å². The third-order valence-electron chi connectivity index (χ3n) is 2.51. The van der Waals surface area contributed by atoms with Crippen LogP contribution in [-0.2, 0) is 4.79 Å². The van der Waals surface area contributed by atoms with Gasteiger partial charge in [0.1, 0.15) is 0 Å². The topological polar surface area (TPSA) is 52.6 Å². The normalized spacial score (nSPS) is 14.1. The van der Waals surface area contributed by atoms with E-state index in [9.17, 15) is 9.90 Å². The first-order chi connectivity index (χ1) is 9.28. The number of carbonyl (C=O) groups is 1. The Kier molecular flexibility index (Phi) is 6.82. The van der Waals surface area contributed by atoms with Crippen LogP contribution in [0.1, 0.15) is 6.92 Å². The zero-order chi connectivity index (χ0) is 15.2. The minimum absolute atomic E-state index is 0.0935. The van der Waals surface area contributed by atoms with Gasteiger partial charge in [-0.15, -0.1) is 11.8 Å². The van der Waals surface area contributed by atoms with Gasteiger partial charge in [0, 0.05) is 23.0 Å². The van der Waals surface area contributed by atoms with Gasteiger partial charge in [0.15, 0.2) is 0 Å².